The molecule has 2 aromatic carbocycles. The predicted octanol–water partition coefficient (Wildman–Crippen LogP) is 6.47. The quantitative estimate of drug-likeness (QED) is 0.221. The van der Waals surface area contributed by atoms with Crippen molar-refractivity contribution in [2.75, 3.05) is 13.7 Å². The Morgan fingerprint density at radius 1 is 1.11 bits per heavy atom. The fourth-order valence-electron chi connectivity index (χ4n) is 3.92. The summed E-state index contributed by atoms with van der Waals surface area (Å²) < 4.78 is 54.3. The first-order valence-corrected chi connectivity index (χ1v) is 11.7. The predicted molar refractivity (Wildman–Crippen MR) is 130 cm³/mol. The molecule has 0 aliphatic rings. The van der Waals surface area contributed by atoms with Crippen molar-refractivity contribution in [1.82, 2.24) is 9.55 Å². The molecule has 1 heterocycles. The van der Waals surface area contributed by atoms with Gasteiger partial charge < -0.3 is 18.8 Å². The van der Waals surface area contributed by atoms with Gasteiger partial charge in [-0.15, -0.1) is 13.2 Å². The molecule has 0 unspecified atom stereocenters. The van der Waals surface area contributed by atoms with Crippen LogP contribution in [0.3, 0.4) is 0 Å². The van der Waals surface area contributed by atoms with Crippen LogP contribution in [-0.4, -0.2) is 35.6 Å². The van der Waals surface area contributed by atoms with Crippen LogP contribution in [-0.2, 0) is 16.1 Å². The number of benzene rings is 2. The van der Waals surface area contributed by atoms with E-state index in [2.05, 4.69) is 15.8 Å². The number of hydrogen-bond acceptors (Lipinski definition) is 5. The number of ether oxygens (including phenoxy) is 3. The first kappa shape index (κ1) is 27.1. The second-order valence-electron chi connectivity index (χ2n) is 8.87. The summed E-state index contributed by atoms with van der Waals surface area (Å²) in [6, 6.07) is 11.7. The van der Waals surface area contributed by atoms with Gasteiger partial charge in [-0.1, -0.05) is 24.6 Å². The van der Waals surface area contributed by atoms with Crippen LogP contribution >= 0.6 is 0 Å². The van der Waals surface area contributed by atoms with Gasteiger partial charge >= 0.3 is 12.3 Å². The molecule has 0 amide bonds. The van der Waals surface area contributed by atoms with E-state index < -0.39 is 6.36 Å². The number of esters is 1. The molecule has 0 N–H and O–H groups in total. The number of nitrogens with zero attached hydrogens (tertiary/aromatic N) is 2. The number of alkyl halides is 3. The average Bonchev–Trinajstić information content (AvgIpc) is 3.17. The average molecular weight is 505 g/mol. The maximum Gasteiger partial charge on any atom is 0.573 e. The highest BCUT2D eigenvalue weighted by atomic mass is 19.4. The summed E-state index contributed by atoms with van der Waals surface area (Å²) >= 11 is 0. The van der Waals surface area contributed by atoms with Crippen molar-refractivity contribution >= 4 is 5.97 Å². The summed E-state index contributed by atoms with van der Waals surface area (Å²) in [5.41, 5.74) is 3.63. The van der Waals surface area contributed by atoms with E-state index in [1.165, 1.54) is 19.2 Å². The van der Waals surface area contributed by atoms with E-state index in [0.717, 1.165) is 35.4 Å². The molecule has 0 bridgehead atoms. The molecule has 3 rings (SSSR count). The SMILES string of the molecule is COC(=O)C[C@H](C)CCCOc1ccc(C)cc1Cn1c(C)cnc1-c1ccc(OC(F)(F)F)cc1. The number of imidazole rings is 1. The van der Waals surface area contributed by atoms with E-state index in [9.17, 15) is 18.0 Å². The van der Waals surface area contributed by atoms with E-state index in [1.807, 2.05) is 37.5 Å². The highest BCUT2D eigenvalue weighted by molar-refractivity contribution is 5.69. The van der Waals surface area contributed by atoms with Gasteiger partial charge in [-0.25, -0.2) is 4.98 Å². The third kappa shape index (κ3) is 7.76. The smallest absolute Gasteiger partial charge is 0.493 e. The maximum absolute atomic E-state index is 12.5. The molecular formula is C27H31F3N2O4. The lowest BCUT2D eigenvalue weighted by Crippen LogP contribution is -2.17. The molecule has 36 heavy (non-hydrogen) atoms. The molecule has 1 atom stereocenters. The van der Waals surface area contributed by atoms with Crippen LogP contribution in [0.25, 0.3) is 11.4 Å². The van der Waals surface area contributed by atoms with Gasteiger partial charge in [0.2, 0.25) is 0 Å². The van der Waals surface area contributed by atoms with Gasteiger partial charge in [0.15, 0.2) is 0 Å². The second-order valence-corrected chi connectivity index (χ2v) is 8.87. The van der Waals surface area contributed by atoms with E-state index in [1.54, 1.807) is 18.3 Å². The minimum Gasteiger partial charge on any atom is -0.493 e. The fourth-order valence-corrected chi connectivity index (χ4v) is 3.92. The van der Waals surface area contributed by atoms with Crippen molar-refractivity contribution in [1.29, 1.82) is 0 Å². The molecule has 0 spiro atoms. The number of aryl methyl sites for hydroxylation is 2. The normalized spacial score (nSPS) is 12.3. The van der Waals surface area contributed by atoms with Gasteiger partial charge in [0.1, 0.15) is 17.3 Å². The van der Waals surface area contributed by atoms with Crippen molar-refractivity contribution in [3.8, 4) is 22.9 Å². The first-order chi connectivity index (χ1) is 17.1. The molecule has 6 nitrogen and oxygen atoms in total. The zero-order chi connectivity index (χ0) is 26.3. The van der Waals surface area contributed by atoms with Crippen LogP contribution in [0.2, 0.25) is 0 Å². The number of rotatable bonds is 11. The number of carbonyl (C=O) groups excluding carboxylic acids is 1. The first-order valence-electron chi connectivity index (χ1n) is 11.7. The molecule has 0 aliphatic heterocycles. The Morgan fingerprint density at radius 3 is 2.50 bits per heavy atom. The largest absolute Gasteiger partial charge is 0.573 e. The summed E-state index contributed by atoms with van der Waals surface area (Å²) in [6.45, 7) is 6.94. The lowest BCUT2D eigenvalue weighted by Gasteiger charge is -2.16. The Bertz CT molecular complexity index is 1160. The van der Waals surface area contributed by atoms with Gasteiger partial charge in [-0.2, -0.15) is 0 Å². The lowest BCUT2D eigenvalue weighted by molar-refractivity contribution is -0.274. The molecule has 0 aliphatic carbocycles. The molecule has 0 saturated heterocycles. The molecule has 0 fully saturated rings. The van der Waals surface area contributed by atoms with E-state index in [4.69, 9.17) is 9.47 Å². The molecule has 9 heteroatoms. The van der Waals surface area contributed by atoms with Crippen LogP contribution in [0, 0.1) is 19.8 Å². The van der Waals surface area contributed by atoms with Gasteiger partial charge in [-0.05, 0) is 62.9 Å². The third-order valence-electron chi connectivity index (χ3n) is 5.79. The van der Waals surface area contributed by atoms with Gasteiger partial charge in [0, 0.05) is 29.4 Å². The van der Waals surface area contributed by atoms with Crippen LogP contribution < -0.4 is 9.47 Å². The highest BCUT2D eigenvalue weighted by Crippen LogP contribution is 2.29. The summed E-state index contributed by atoms with van der Waals surface area (Å²) in [4.78, 5) is 15.9. The molecule has 0 radical (unpaired) electrons. The number of hydrogen-bond donors (Lipinski definition) is 0. The zero-order valence-electron chi connectivity index (χ0n) is 20.9. The highest BCUT2D eigenvalue weighted by Gasteiger charge is 2.31. The Labute approximate surface area is 209 Å². The summed E-state index contributed by atoms with van der Waals surface area (Å²) in [7, 11) is 1.39. The fraction of sp³-hybridized carbons (Fsp3) is 0.407. The Kier molecular flexibility index (Phi) is 9.01. The number of halogens is 3. The number of carbonyl (C=O) groups is 1. The minimum absolute atomic E-state index is 0.210. The van der Waals surface area contributed by atoms with Crippen molar-refractivity contribution in [3.63, 3.8) is 0 Å². The molecule has 1 aromatic heterocycles. The number of aromatic nitrogens is 2. The Balaban J connectivity index is 1.72. The summed E-state index contributed by atoms with van der Waals surface area (Å²) in [5, 5.41) is 0. The summed E-state index contributed by atoms with van der Waals surface area (Å²) in [5.74, 6) is 1.11. The molecular weight excluding hydrogens is 473 g/mol. The monoisotopic (exact) mass is 504 g/mol. The van der Waals surface area contributed by atoms with Crippen LogP contribution in [0.15, 0.2) is 48.7 Å². The van der Waals surface area contributed by atoms with Gasteiger partial charge in [0.05, 0.1) is 20.3 Å². The van der Waals surface area contributed by atoms with Crippen molar-refractivity contribution in [2.24, 2.45) is 5.92 Å². The number of methoxy groups -OCH3 is 1. The van der Waals surface area contributed by atoms with Crippen LogP contribution in [0.4, 0.5) is 13.2 Å². The molecule has 3 aromatic rings. The zero-order valence-corrected chi connectivity index (χ0v) is 20.9. The van der Waals surface area contributed by atoms with Crippen LogP contribution in [0.1, 0.15) is 43.0 Å². The molecule has 194 valence electrons. The minimum atomic E-state index is -4.74. The Hall–Kier alpha value is -3.49. The maximum atomic E-state index is 12.5. The lowest BCUT2D eigenvalue weighted by atomic mass is 10.0. The van der Waals surface area contributed by atoms with Crippen molar-refractivity contribution in [2.45, 2.75) is 52.9 Å². The van der Waals surface area contributed by atoms with Crippen molar-refractivity contribution in [3.05, 3.63) is 65.5 Å². The Morgan fingerprint density at radius 2 is 1.83 bits per heavy atom. The van der Waals surface area contributed by atoms with E-state index in [0.29, 0.717) is 31.0 Å². The molecule has 0 saturated carbocycles. The third-order valence-corrected chi connectivity index (χ3v) is 5.79. The van der Waals surface area contributed by atoms with Crippen molar-refractivity contribution < 1.29 is 32.2 Å². The topological polar surface area (TPSA) is 62.6 Å². The standard InChI is InChI=1S/C27H31F3N2O4/c1-18(15-25(33)34-4)6-5-13-35-24-12-7-19(2)14-22(24)17-32-20(3)16-31-26(32)21-8-10-23(11-9-21)36-27(28,29)30/h7-12,14,16,18H,5-6,13,15,17H2,1-4H3/t18-/m1/s1. The van der Waals surface area contributed by atoms with E-state index >= 15 is 0 Å². The second kappa shape index (κ2) is 12.0. The van der Waals surface area contributed by atoms with E-state index in [-0.39, 0.29) is 17.6 Å². The summed E-state index contributed by atoms with van der Waals surface area (Å²) in [6.07, 6.45) is -0.980. The van der Waals surface area contributed by atoms with Crippen LogP contribution in [0.5, 0.6) is 11.5 Å². The van der Waals surface area contributed by atoms with Gasteiger partial charge in [-0.3, -0.25) is 4.79 Å². The van der Waals surface area contributed by atoms with Gasteiger partial charge in [0.25, 0.3) is 0 Å².